The zero-order valence-corrected chi connectivity index (χ0v) is 26.5. The average Bonchev–Trinajstić information content (AvgIpc) is 3.03. The summed E-state index contributed by atoms with van der Waals surface area (Å²) < 4.78 is 33.2. The second-order valence-corrected chi connectivity index (χ2v) is 12.3. The van der Waals surface area contributed by atoms with E-state index in [4.69, 9.17) is 68.6 Å². The highest BCUT2D eigenvalue weighted by Gasteiger charge is 2.51. The molecule has 1 aliphatic heterocycles. The van der Waals surface area contributed by atoms with Gasteiger partial charge in [-0.05, 0) is 16.7 Å². The number of carbonyl (C=O) groups is 2. The predicted molar refractivity (Wildman–Crippen MR) is 168 cm³/mol. The van der Waals surface area contributed by atoms with E-state index >= 15 is 0 Å². The Balaban J connectivity index is 1.67. The van der Waals surface area contributed by atoms with Gasteiger partial charge in [0.1, 0.15) is 37.6 Å². The van der Waals surface area contributed by atoms with E-state index < -0.39 is 52.4 Å². The van der Waals surface area contributed by atoms with E-state index in [0.717, 1.165) is 16.7 Å². The fourth-order valence-corrected chi connectivity index (χ4v) is 4.64. The summed E-state index contributed by atoms with van der Waals surface area (Å²) in [6.45, 7) is 1.21. The SMILES string of the molecule is CC(=O)OC[C@H]1O[C@@H](OC(=N)C(Cl)(Cl)Cl)[C@H](NC(=O)OCc2ccccc2)[C@@H](OCc2ccccc2)[C@@H]1OCc1ccccc1. The van der Waals surface area contributed by atoms with E-state index in [-0.39, 0.29) is 26.4 Å². The minimum Gasteiger partial charge on any atom is -0.463 e. The highest BCUT2D eigenvalue weighted by molar-refractivity contribution is 6.76. The van der Waals surface area contributed by atoms with Crippen molar-refractivity contribution in [3.05, 3.63) is 108 Å². The molecular weight excluding hydrogens is 647 g/mol. The average molecular weight is 680 g/mol. The summed E-state index contributed by atoms with van der Waals surface area (Å²) in [5.41, 5.74) is 2.45. The number of ether oxygens (including phenoxy) is 6. The topological polar surface area (TPSA) is 125 Å². The molecular formula is C32H33Cl3N2O8. The second-order valence-electron chi connectivity index (χ2n) is 10.0. The molecule has 1 aliphatic rings. The van der Waals surface area contributed by atoms with E-state index in [1.165, 1.54) is 6.92 Å². The Morgan fingerprint density at radius 3 is 1.76 bits per heavy atom. The van der Waals surface area contributed by atoms with E-state index in [9.17, 15) is 9.59 Å². The maximum atomic E-state index is 13.2. The van der Waals surface area contributed by atoms with Gasteiger partial charge in [0.15, 0.2) is 0 Å². The number of amides is 1. The molecule has 45 heavy (non-hydrogen) atoms. The smallest absolute Gasteiger partial charge is 0.408 e. The molecule has 1 amide bonds. The largest absolute Gasteiger partial charge is 0.463 e. The molecule has 240 valence electrons. The van der Waals surface area contributed by atoms with Crippen molar-refractivity contribution in [3.63, 3.8) is 0 Å². The van der Waals surface area contributed by atoms with Gasteiger partial charge < -0.3 is 33.7 Å². The zero-order chi connectivity index (χ0) is 32.2. The number of hydrogen-bond donors (Lipinski definition) is 2. The van der Waals surface area contributed by atoms with Crippen LogP contribution in [0.4, 0.5) is 4.79 Å². The molecule has 1 heterocycles. The molecule has 0 saturated carbocycles. The van der Waals surface area contributed by atoms with Gasteiger partial charge in [-0.2, -0.15) is 0 Å². The summed E-state index contributed by atoms with van der Waals surface area (Å²) >= 11 is 17.8. The first-order valence-corrected chi connectivity index (χ1v) is 15.1. The minimum absolute atomic E-state index is 0.0195. The quantitative estimate of drug-likeness (QED) is 0.102. The zero-order valence-electron chi connectivity index (χ0n) is 24.3. The predicted octanol–water partition coefficient (Wildman–Crippen LogP) is 6.10. The summed E-state index contributed by atoms with van der Waals surface area (Å²) in [4.78, 5) is 25.0. The standard InChI is InChI=1S/C32H33Cl3N2O8/c1-21(38)40-20-25-27(41-17-22-11-5-2-6-12-22)28(42-18-23-13-7-3-8-14-23)26(29(44-25)45-30(36)32(33,34)35)37-31(39)43-19-24-15-9-4-10-16-24/h2-16,25-29,36H,17-20H2,1H3,(H,37,39)/t25-,26-,27-,28-,29+/m1/s1. The molecule has 1 saturated heterocycles. The Morgan fingerprint density at radius 2 is 1.27 bits per heavy atom. The summed E-state index contributed by atoms with van der Waals surface area (Å²) in [5.74, 6) is -1.32. The third-order valence-corrected chi connectivity index (χ3v) is 7.17. The second kappa shape index (κ2) is 16.8. The molecule has 0 unspecified atom stereocenters. The van der Waals surface area contributed by atoms with Crippen molar-refractivity contribution in [3.8, 4) is 0 Å². The highest BCUT2D eigenvalue weighted by atomic mass is 35.6. The lowest BCUT2D eigenvalue weighted by Crippen LogP contribution is -2.66. The van der Waals surface area contributed by atoms with Gasteiger partial charge in [0, 0.05) is 6.92 Å². The Kier molecular flexibility index (Phi) is 12.9. The molecule has 0 spiro atoms. The monoisotopic (exact) mass is 678 g/mol. The lowest BCUT2D eigenvalue weighted by Gasteiger charge is -2.46. The molecule has 10 nitrogen and oxygen atoms in total. The molecule has 5 atom stereocenters. The summed E-state index contributed by atoms with van der Waals surface area (Å²) in [6, 6.07) is 26.7. The normalized spacial score (nSPS) is 21.4. The Bertz CT molecular complexity index is 1380. The molecule has 13 heteroatoms. The summed E-state index contributed by atoms with van der Waals surface area (Å²) in [6.07, 6.45) is -5.18. The number of esters is 1. The number of hydrogen-bond acceptors (Lipinski definition) is 9. The van der Waals surface area contributed by atoms with Gasteiger partial charge in [-0.1, -0.05) is 126 Å². The first kappa shape index (κ1) is 34.5. The lowest BCUT2D eigenvalue weighted by atomic mass is 9.96. The fraction of sp³-hybridized carbons (Fsp3) is 0.344. The van der Waals surface area contributed by atoms with Crippen LogP contribution in [0.25, 0.3) is 0 Å². The van der Waals surface area contributed by atoms with Crippen LogP contribution in [-0.2, 0) is 53.0 Å². The van der Waals surface area contributed by atoms with Crippen molar-refractivity contribution in [1.29, 1.82) is 5.41 Å². The number of halogens is 3. The van der Waals surface area contributed by atoms with Gasteiger partial charge in [-0.3, -0.25) is 10.2 Å². The maximum Gasteiger partial charge on any atom is 0.408 e. The van der Waals surface area contributed by atoms with Gasteiger partial charge in [0.2, 0.25) is 12.2 Å². The number of nitrogens with one attached hydrogen (secondary N) is 2. The third-order valence-electron chi connectivity index (χ3n) is 6.66. The lowest BCUT2D eigenvalue weighted by molar-refractivity contribution is -0.271. The number of rotatable bonds is 12. The fourth-order valence-electron chi connectivity index (χ4n) is 4.51. The van der Waals surface area contributed by atoms with Gasteiger partial charge in [0.25, 0.3) is 3.79 Å². The number of benzene rings is 3. The summed E-state index contributed by atoms with van der Waals surface area (Å²) in [7, 11) is 0. The summed E-state index contributed by atoms with van der Waals surface area (Å²) in [5, 5.41) is 11.0. The van der Waals surface area contributed by atoms with E-state index in [2.05, 4.69) is 5.32 Å². The van der Waals surface area contributed by atoms with Crippen LogP contribution in [-0.4, -0.2) is 59.0 Å². The molecule has 0 radical (unpaired) electrons. The molecule has 0 aliphatic carbocycles. The third kappa shape index (κ3) is 10.9. The molecule has 1 fully saturated rings. The number of carbonyl (C=O) groups excluding carboxylic acids is 2. The number of alkyl carbamates (subject to hydrolysis) is 1. The van der Waals surface area contributed by atoms with Crippen LogP contribution in [0.5, 0.6) is 0 Å². The van der Waals surface area contributed by atoms with Crippen LogP contribution in [0.1, 0.15) is 23.6 Å². The Labute approximate surface area is 276 Å². The van der Waals surface area contributed by atoms with Crippen LogP contribution in [0.2, 0.25) is 0 Å². The molecule has 0 aromatic heterocycles. The van der Waals surface area contributed by atoms with Crippen molar-refractivity contribution in [2.45, 2.75) is 61.2 Å². The van der Waals surface area contributed by atoms with E-state index in [1.807, 2.05) is 91.0 Å². The Morgan fingerprint density at radius 1 is 0.778 bits per heavy atom. The van der Waals surface area contributed by atoms with Gasteiger partial charge in [-0.25, -0.2) is 4.79 Å². The minimum atomic E-state index is -2.24. The van der Waals surface area contributed by atoms with Crippen molar-refractivity contribution in [2.75, 3.05) is 6.61 Å². The molecule has 3 aromatic carbocycles. The van der Waals surface area contributed by atoms with Crippen LogP contribution in [0.3, 0.4) is 0 Å². The van der Waals surface area contributed by atoms with Crippen LogP contribution in [0, 0.1) is 5.41 Å². The van der Waals surface area contributed by atoms with Crippen LogP contribution < -0.4 is 5.32 Å². The van der Waals surface area contributed by atoms with Crippen molar-refractivity contribution >= 4 is 52.8 Å². The van der Waals surface area contributed by atoms with Crippen molar-refractivity contribution < 1.29 is 38.0 Å². The molecule has 4 rings (SSSR count). The molecule has 3 aromatic rings. The van der Waals surface area contributed by atoms with Gasteiger partial charge in [-0.15, -0.1) is 0 Å². The van der Waals surface area contributed by atoms with E-state index in [1.54, 1.807) is 0 Å². The van der Waals surface area contributed by atoms with Gasteiger partial charge in [0.05, 0.1) is 13.2 Å². The van der Waals surface area contributed by atoms with Crippen LogP contribution >= 0.6 is 34.8 Å². The first-order valence-electron chi connectivity index (χ1n) is 14.0. The first-order chi connectivity index (χ1) is 21.6. The van der Waals surface area contributed by atoms with Crippen molar-refractivity contribution in [2.24, 2.45) is 0 Å². The van der Waals surface area contributed by atoms with Gasteiger partial charge >= 0.3 is 12.1 Å². The molecule has 2 N–H and O–H groups in total. The Hall–Kier alpha value is -3.38. The molecule has 0 bridgehead atoms. The maximum absolute atomic E-state index is 13.2. The van der Waals surface area contributed by atoms with Crippen LogP contribution in [0.15, 0.2) is 91.0 Å². The number of alkyl halides is 3. The highest BCUT2D eigenvalue weighted by Crippen LogP contribution is 2.33. The van der Waals surface area contributed by atoms with E-state index in [0.29, 0.717) is 0 Å². The van der Waals surface area contributed by atoms with Crippen molar-refractivity contribution in [1.82, 2.24) is 5.32 Å².